The maximum absolute atomic E-state index is 13.1. The lowest BCUT2D eigenvalue weighted by molar-refractivity contribution is -0.161. The molecule has 19 heteroatoms. The molecular formula is C82H160O17P2. The summed E-state index contributed by atoms with van der Waals surface area (Å²) in [5.74, 6) is 0.150. The van der Waals surface area contributed by atoms with Gasteiger partial charge in [0, 0.05) is 25.7 Å². The van der Waals surface area contributed by atoms with Crippen LogP contribution in [0, 0.1) is 17.8 Å². The zero-order chi connectivity index (χ0) is 74.4. The molecule has 0 aliphatic carbocycles. The van der Waals surface area contributed by atoms with Crippen molar-refractivity contribution >= 4 is 39.5 Å². The van der Waals surface area contributed by atoms with E-state index in [4.69, 9.17) is 37.0 Å². The Morgan fingerprint density at radius 1 is 0.267 bits per heavy atom. The number of hydrogen-bond acceptors (Lipinski definition) is 15. The Morgan fingerprint density at radius 2 is 0.455 bits per heavy atom. The van der Waals surface area contributed by atoms with Gasteiger partial charge in [0.2, 0.25) is 0 Å². The van der Waals surface area contributed by atoms with E-state index < -0.39 is 97.5 Å². The first-order valence-corrected chi connectivity index (χ1v) is 45.3. The number of hydrogen-bond donors (Lipinski definition) is 3. The van der Waals surface area contributed by atoms with Crippen LogP contribution in [-0.2, 0) is 65.4 Å². The SMILES string of the molecule is CCCCCCCCCCCCCCCCCCCCCCCC(=O)O[C@H](COC(=O)CCCCCCCCCCCCCCCCC(C)C)COP(=O)(O)OC[C@@H](O)COP(=O)(O)OC[C@@H](COC(=O)CCCCCCCCCCC(C)C)OC(=O)CCCCCCCCCCCC(C)C. The van der Waals surface area contributed by atoms with E-state index in [1.54, 1.807) is 0 Å². The first-order valence-electron chi connectivity index (χ1n) is 42.3. The van der Waals surface area contributed by atoms with Crippen molar-refractivity contribution < 1.29 is 80.2 Å². The molecule has 600 valence electrons. The quantitative estimate of drug-likeness (QED) is 0.0222. The first-order chi connectivity index (χ1) is 48.7. The van der Waals surface area contributed by atoms with Crippen LogP contribution in [0.5, 0.6) is 0 Å². The zero-order valence-corrected chi connectivity index (χ0v) is 68.2. The summed E-state index contributed by atoms with van der Waals surface area (Å²) in [6.07, 6.45) is 61.2. The maximum Gasteiger partial charge on any atom is 0.472 e. The van der Waals surface area contributed by atoms with Crippen LogP contribution in [0.4, 0.5) is 0 Å². The summed E-state index contributed by atoms with van der Waals surface area (Å²) in [7, 11) is -9.92. The number of carbonyl (C=O) groups excluding carboxylic acids is 4. The standard InChI is InChI=1S/C82H160O17P2/c1-8-9-10-11-12-13-14-15-16-17-18-19-20-21-22-27-30-35-44-51-58-65-81(86)98-77(69-92-79(84)63-56-49-42-34-29-26-24-23-25-28-32-39-46-53-60-73(2)3)71-96-100(88,89)94-67-76(83)68-95-101(90,91)97-72-78(70-93-80(85)64-57-50-43-38-37-41-48-55-62-75(6)7)99-82(87)66-59-52-45-36-31-33-40-47-54-61-74(4)5/h73-78,83H,8-72H2,1-7H3,(H,88,89)(H,90,91)/t76-,77-,78-/m1/s1. The van der Waals surface area contributed by atoms with Gasteiger partial charge in [0.25, 0.3) is 0 Å². The summed E-state index contributed by atoms with van der Waals surface area (Å²) in [5, 5.41) is 10.6. The Labute approximate surface area is 619 Å². The molecule has 0 aliphatic rings. The molecule has 0 aromatic carbocycles. The molecule has 5 atom stereocenters. The van der Waals surface area contributed by atoms with Crippen LogP contribution in [0.2, 0.25) is 0 Å². The third-order valence-electron chi connectivity index (χ3n) is 19.1. The van der Waals surface area contributed by atoms with Crippen molar-refractivity contribution in [2.75, 3.05) is 39.6 Å². The Hall–Kier alpha value is -1.94. The summed E-state index contributed by atoms with van der Waals surface area (Å²) in [6, 6.07) is 0. The maximum atomic E-state index is 13.1. The van der Waals surface area contributed by atoms with Crippen LogP contribution < -0.4 is 0 Å². The highest BCUT2D eigenvalue weighted by Gasteiger charge is 2.30. The Kier molecular flexibility index (Phi) is 70.9. The molecule has 17 nitrogen and oxygen atoms in total. The van der Waals surface area contributed by atoms with Crippen LogP contribution >= 0.6 is 15.6 Å². The lowest BCUT2D eigenvalue weighted by Crippen LogP contribution is -2.30. The van der Waals surface area contributed by atoms with Crippen LogP contribution in [-0.4, -0.2) is 96.7 Å². The van der Waals surface area contributed by atoms with Gasteiger partial charge in [0.15, 0.2) is 12.2 Å². The molecule has 0 aromatic heterocycles. The second kappa shape index (κ2) is 72.3. The van der Waals surface area contributed by atoms with Gasteiger partial charge in [0.05, 0.1) is 26.4 Å². The van der Waals surface area contributed by atoms with Crippen molar-refractivity contribution in [2.24, 2.45) is 17.8 Å². The van der Waals surface area contributed by atoms with Crippen molar-refractivity contribution in [2.45, 2.75) is 446 Å². The minimum atomic E-state index is -4.96. The number of carbonyl (C=O) groups is 4. The average Bonchev–Trinajstić information content (AvgIpc) is 1.19. The average molecular weight is 1480 g/mol. The Balaban J connectivity index is 5.23. The highest BCUT2D eigenvalue weighted by molar-refractivity contribution is 7.47. The van der Waals surface area contributed by atoms with Gasteiger partial charge in [-0.25, -0.2) is 9.13 Å². The number of ether oxygens (including phenoxy) is 4. The number of phosphoric ester groups is 2. The van der Waals surface area contributed by atoms with Gasteiger partial charge in [-0.2, -0.15) is 0 Å². The predicted molar refractivity (Wildman–Crippen MR) is 414 cm³/mol. The topological polar surface area (TPSA) is 237 Å². The fourth-order valence-electron chi connectivity index (χ4n) is 12.7. The van der Waals surface area contributed by atoms with E-state index in [-0.39, 0.29) is 25.7 Å². The van der Waals surface area contributed by atoms with Crippen LogP contribution in [0.15, 0.2) is 0 Å². The lowest BCUT2D eigenvalue weighted by atomic mass is 10.0. The van der Waals surface area contributed by atoms with Crippen LogP contribution in [0.25, 0.3) is 0 Å². The van der Waals surface area contributed by atoms with Crippen LogP contribution in [0.3, 0.4) is 0 Å². The van der Waals surface area contributed by atoms with E-state index in [9.17, 15) is 43.2 Å². The fourth-order valence-corrected chi connectivity index (χ4v) is 14.2. The molecule has 0 amide bonds. The van der Waals surface area contributed by atoms with E-state index in [0.29, 0.717) is 25.7 Å². The second-order valence-electron chi connectivity index (χ2n) is 30.9. The predicted octanol–water partition coefficient (Wildman–Crippen LogP) is 24.5. The number of phosphoric acid groups is 2. The smallest absolute Gasteiger partial charge is 0.462 e. The largest absolute Gasteiger partial charge is 0.472 e. The number of aliphatic hydroxyl groups is 1. The highest BCUT2D eigenvalue weighted by Crippen LogP contribution is 2.45. The van der Waals surface area contributed by atoms with Gasteiger partial charge in [-0.3, -0.25) is 37.3 Å². The van der Waals surface area contributed by atoms with Crippen molar-refractivity contribution in [3.05, 3.63) is 0 Å². The fraction of sp³-hybridized carbons (Fsp3) is 0.951. The molecule has 0 fully saturated rings. The van der Waals surface area contributed by atoms with Crippen molar-refractivity contribution in [3.63, 3.8) is 0 Å². The van der Waals surface area contributed by atoms with E-state index in [2.05, 4.69) is 48.5 Å². The minimum Gasteiger partial charge on any atom is -0.462 e. The molecule has 0 spiro atoms. The van der Waals surface area contributed by atoms with Gasteiger partial charge in [-0.05, 0) is 43.4 Å². The van der Waals surface area contributed by atoms with E-state index in [1.807, 2.05) is 0 Å². The molecule has 0 aromatic rings. The molecule has 101 heavy (non-hydrogen) atoms. The normalized spacial score (nSPS) is 14.0. The Bertz CT molecular complexity index is 1960. The number of rotatable bonds is 80. The second-order valence-corrected chi connectivity index (χ2v) is 33.8. The third-order valence-corrected chi connectivity index (χ3v) is 21.0. The number of aliphatic hydroxyl groups excluding tert-OH is 1. The molecule has 0 rings (SSSR count). The molecule has 0 aliphatic heterocycles. The lowest BCUT2D eigenvalue weighted by Gasteiger charge is -2.21. The third kappa shape index (κ3) is 76.1. The monoisotopic (exact) mass is 1480 g/mol. The van der Waals surface area contributed by atoms with Gasteiger partial charge >= 0.3 is 39.5 Å². The number of unbranched alkanes of at least 4 members (excludes halogenated alkanes) is 48. The summed E-state index contributed by atoms with van der Waals surface area (Å²) < 4.78 is 68.7. The summed E-state index contributed by atoms with van der Waals surface area (Å²) in [5.41, 5.74) is 0. The highest BCUT2D eigenvalue weighted by atomic mass is 31.2. The molecule has 0 heterocycles. The molecule has 0 bridgehead atoms. The Morgan fingerprint density at radius 3 is 0.673 bits per heavy atom. The molecule has 3 N–H and O–H groups in total. The van der Waals surface area contributed by atoms with Gasteiger partial charge < -0.3 is 33.8 Å². The van der Waals surface area contributed by atoms with Crippen molar-refractivity contribution in [1.29, 1.82) is 0 Å². The molecule has 0 radical (unpaired) electrons. The van der Waals surface area contributed by atoms with E-state index in [1.165, 1.54) is 238 Å². The van der Waals surface area contributed by atoms with Crippen LogP contribution in [0.1, 0.15) is 427 Å². The number of esters is 4. The van der Waals surface area contributed by atoms with Gasteiger partial charge in [0.1, 0.15) is 19.3 Å². The summed E-state index contributed by atoms with van der Waals surface area (Å²) >= 11 is 0. The van der Waals surface area contributed by atoms with E-state index >= 15 is 0 Å². The van der Waals surface area contributed by atoms with Gasteiger partial charge in [-0.15, -0.1) is 0 Å². The molecule has 2 unspecified atom stereocenters. The molecule has 0 saturated heterocycles. The zero-order valence-electron chi connectivity index (χ0n) is 66.4. The summed E-state index contributed by atoms with van der Waals surface area (Å²) in [6.45, 7) is 11.9. The van der Waals surface area contributed by atoms with Gasteiger partial charge in [-0.1, -0.05) is 376 Å². The van der Waals surface area contributed by atoms with Crippen molar-refractivity contribution in [1.82, 2.24) is 0 Å². The first kappa shape index (κ1) is 99.1. The minimum absolute atomic E-state index is 0.105. The molecular weight excluding hydrogens is 1320 g/mol. The summed E-state index contributed by atoms with van der Waals surface area (Å²) in [4.78, 5) is 73.0. The molecule has 0 saturated carbocycles. The van der Waals surface area contributed by atoms with Crippen molar-refractivity contribution in [3.8, 4) is 0 Å². The van der Waals surface area contributed by atoms with E-state index in [0.717, 1.165) is 108 Å².